The van der Waals surface area contributed by atoms with E-state index in [1.54, 1.807) is 0 Å². The van der Waals surface area contributed by atoms with Gasteiger partial charge in [-0.15, -0.1) is 11.3 Å². The third-order valence-electron chi connectivity index (χ3n) is 3.04. The SMILES string of the molecule is CC(C)(C)c1csc(NC(=O)CC(N)C(C)(C)C)n1. The van der Waals surface area contributed by atoms with E-state index in [0.29, 0.717) is 11.6 Å². The van der Waals surface area contributed by atoms with Crippen LogP contribution in [0.25, 0.3) is 0 Å². The number of nitrogens with two attached hydrogens (primary N) is 1. The summed E-state index contributed by atoms with van der Waals surface area (Å²) in [5.41, 5.74) is 6.92. The van der Waals surface area contributed by atoms with Gasteiger partial charge in [0.05, 0.1) is 5.69 Å². The van der Waals surface area contributed by atoms with E-state index in [2.05, 4.69) is 31.1 Å². The zero-order chi connectivity index (χ0) is 14.8. The lowest BCUT2D eigenvalue weighted by Crippen LogP contribution is -2.38. The van der Waals surface area contributed by atoms with E-state index >= 15 is 0 Å². The Morgan fingerprint density at radius 2 is 1.95 bits per heavy atom. The molecule has 19 heavy (non-hydrogen) atoms. The zero-order valence-electron chi connectivity index (χ0n) is 12.7. The summed E-state index contributed by atoms with van der Waals surface area (Å²) in [6.07, 6.45) is 0.313. The van der Waals surface area contributed by atoms with Gasteiger partial charge in [-0.1, -0.05) is 41.5 Å². The van der Waals surface area contributed by atoms with Gasteiger partial charge < -0.3 is 11.1 Å². The second-order valence-corrected chi connectivity index (χ2v) is 7.87. The van der Waals surface area contributed by atoms with Crippen molar-refractivity contribution in [2.24, 2.45) is 11.1 Å². The van der Waals surface area contributed by atoms with Crippen molar-refractivity contribution in [3.8, 4) is 0 Å². The second-order valence-electron chi connectivity index (χ2n) is 7.01. The summed E-state index contributed by atoms with van der Waals surface area (Å²) in [6.45, 7) is 12.4. The second kappa shape index (κ2) is 5.59. The number of rotatable bonds is 3. The number of hydrogen-bond acceptors (Lipinski definition) is 4. The third kappa shape index (κ3) is 4.91. The molecular formula is C14H25N3OS. The summed E-state index contributed by atoms with van der Waals surface area (Å²) < 4.78 is 0. The number of aromatic nitrogens is 1. The minimum absolute atomic E-state index is 0.00128. The Morgan fingerprint density at radius 1 is 1.37 bits per heavy atom. The highest BCUT2D eigenvalue weighted by molar-refractivity contribution is 7.13. The monoisotopic (exact) mass is 283 g/mol. The predicted octanol–water partition coefficient (Wildman–Crippen LogP) is 3.14. The average Bonchev–Trinajstić information content (AvgIpc) is 2.63. The first-order valence-corrected chi connectivity index (χ1v) is 7.39. The van der Waals surface area contributed by atoms with Crippen molar-refractivity contribution in [2.75, 3.05) is 5.32 Å². The van der Waals surface area contributed by atoms with Gasteiger partial charge in [-0.3, -0.25) is 4.79 Å². The fourth-order valence-electron chi connectivity index (χ4n) is 1.35. The molecule has 108 valence electrons. The maximum atomic E-state index is 11.9. The maximum Gasteiger partial charge on any atom is 0.227 e. The van der Waals surface area contributed by atoms with Crippen molar-refractivity contribution >= 4 is 22.4 Å². The van der Waals surface area contributed by atoms with Crippen LogP contribution in [0.4, 0.5) is 5.13 Å². The molecular weight excluding hydrogens is 258 g/mol. The van der Waals surface area contributed by atoms with Gasteiger partial charge in [0.25, 0.3) is 0 Å². The topological polar surface area (TPSA) is 68.0 Å². The lowest BCUT2D eigenvalue weighted by atomic mass is 9.85. The van der Waals surface area contributed by atoms with Gasteiger partial charge in [-0.05, 0) is 5.41 Å². The average molecular weight is 283 g/mol. The standard InChI is InChI=1S/C14H25N3OS/c1-13(2,3)9(15)7-11(18)17-12-16-10(8-19-12)14(4,5)6/h8-9H,7,15H2,1-6H3,(H,16,17,18). The number of carbonyl (C=O) groups excluding carboxylic acids is 1. The third-order valence-corrected chi connectivity index (χ3v) is 3.79. The Morgan fingerprint density at radius 3 is 2.37 bits per heavy atom. The van der Waals surface area contributed by atoms with Crippen LogP contribution in [0.3, 0.4) is 0 Å². The molecule has 0 saturated carbocycles. The molecule has 0 saturated heterocycles. The Balaban J connectivity index is 2.61. The van der Waals surface area contributed by atoms with Gasteiger partial charge in [0.2, 0.25) is 5.91 Å². The molecule has 1 atom stereocenters. The number of hydrogen-bond donors (Lipinski definition) is 2. The summed E-state index contributed by atoms with van der Waals surface area (Å²) in [5.74, 6) is -0.0720. The summed E-state index contributed by atoms with van der Waals surface area (Å²) in [7, 11) is 0. The first kappa shape index (κ1) is 16.1. The van der Waals surface area contributed by atoms with Crippen LogP contribution in [0.15, 0.2) is 5.38 Å². The van der Waals surface area contributed by atoms with Crippen molar-refractivity contribution in [1.82, 2.24) is 4.98 Å². The van der Waals surface area contributed by atoms with Crippen molar-refractivity contribution in [2.45, 2.75) is 59.4 Å². The Kier molecular flexibility index (Phi) is 4.74. The van der Waals surface area contributed by atoms with Crippen LogP contribution >= 0.6 is 11.3 Å². The fraction of sp³-hybridized carbons (Fsp3) is 0.714. The van der Waals surface area contributed by atoms with E-state index < -0.39 is 0 Å². The molecule has 0 bridgehead atoms. The molecule has 5 heteroatoms. The molecule has 0 aliphatic rings. The van der Waals surface area contributed by atoms with Gasteiger partial charge in [0.15, 0.2) is 5.13 Å². The summed E-state index contributed by atoms with van der Waals surface area (Å²) in [4.78, 5) is 16.3. The van der Waals surface area contributed by atoms with Gasteiger partial charge >= 0.3 is 0 Å². The van der Waals surface area contributed by atoms with E-state index in [1.807, 2.05) is 26.2 Å². The Labute approximate surface area is 119 Å². The maximum absolute atomic E-state index is 11.9. The zero-order valence-corrected chi connectivity index (χ0v) is 13.5. The van der Waals surface area contributed by atoms with Gasteiger partial charge in [0.1, 0.15) is 0 Å². The van der Waals surface area contributed by atoms with E-state index in [-0.39, 0.29) is 22.8 Å². The number of nitrogens with zero attached hydrogens (tertiary/aromatic N) is 1. The number of thiazole rings is 1. The molecule has 4 nitrogen and oxygen atoms in total. The predicted molar refractivity (Wildman–Crippen MR) is 81.5 cm³/mol. The molecule has 3 N–H and O–H groups in total. The van der Waals surface area contributed by atoms with Crippen LogP contribution in [0, 0.1) is 5.41 Å². The highest BCUT2D eigenvalue weighted by atomic mass is 32.1. The smallest absolute Gasteiger partial charge is 0.227 e. The Hall–Kier alpha value is -0.940. The number of anilines is 1. The molecule has 1 aromatic heterocycles. The molecule has 1 unspecified atom stereocenters. The normalized spacial score (nSPS) is 14.3. The molecule has 0 radical (unpaired) electrons. The highest BCUT2D eigenvalue weighted by Gasteiger charge is 2.24. The number of amides is 1. The molecule has 1 rings (SSSR count). The van der Waals surface area contributed by atoms with Gasteiger partial charge in [0, 0.05) is 23.3 Å². The van der Waals surface area contributed by atoms with Crippen LogP contribution in [0.5, 0.6) is 0 Å². The fourth-order valence-corrected chi connectivity index (χ4v) is 2.31. The molecule has 0 aromatic carbocycles. The van der Waals surface area contributed by atoms with Crippen molar-refractivity contribution in [1.29, 1.82) is 0 Å². The Bertz CT molecular complexity index is 440. The van der Waals surface area contributed by atoms with Crippen molar-refractivity contribution < 1.29 is 4.79 Å². The summed E-state index contributed by atoms with van der Waals surface area (Å²) in [5, 5.41) is 5.46. The van der Waals surface area contributed by atoms with Crippen molar-refractivity contribution in [3.63, 3.8) is 0 Å². The van der Waals surface area contributed by atoms with E-state index in [4.69, 9.17) is 5.73 Å². The molecule has 1 aromatic rings. The molecule has 1 amide bonds. The molecule has 0 aliphatic heterocycles. The molecule has 0 spiro atoms. The lowest BCUT2D eigenvalue weighted by Gasteiger charge is -2.26. The minimum atomic E-state index is -0.158. The highest BCUT2D eigenvalue weighted by Crippen LogP contribution is 2.26. The minimum Gasteiger partial charge on any atom is -0.327 e. The molecule has 0 fully saturated rings. The summed E-state index contributed by atoms with van der Waals surface area (Å²) >= 11 is 1.46. The quantitative estimate of drug-likeness (QED) is 0.895. The van der Waals surface area contributed by atoms with Crippen molar-refractivity contribution in [3.05, 3.63) is 11.1 Å². The van der Waals surface area contributed by atoms with E-state index in [0.717, 1.165) is 5.69 Å². The first-order chi connectivity index (χ1) is 8.50. The number of nitrogens with one attached hydrogen (secondary N) is 1. The molecule has 0 aliphatic carbocycles. The van der Waals surface area contributed by atoms with Crippen LogP contribution in [-0.2, 0) is 10.2 Å². The van der Waals surface area contributed by atoms with Gasteiger partial charge in [-0.25, -0.2) is 4.98 Å². The lowest BCUT2D eigenvalue weighted by molar-refractivity contribution is -0.117. The number of carbonyl (C=O) groups is 1. The largest absolute Gasteiger partial charge is 0.327 e. The van der Waals surface area contributed by atoms with Crippen LogP contribution in [0.1, 0.15) is 53.7 Å². The first-order valence-electron chi connectivity index (χ1n) is 6.51. The van der Waals surface area contributed by atoms with Crippen LogP contribution < -0.4 is 11.1 Å². The van der Waals surface area contributed by atoms with Crippen LogP contribution in [0.2, 0.25) is 0 Å². The van der Waals surface area contributed by atoms with E-state index in [9.17, 15) is 4.79 Å². The van der Waals surface area contributed by atoms with Crippen LogP contribution in [-0.4, -0.2) is 16.9 Å². The molecule has 1 heterocycles. The summed E-state index contributed by atoms with van der Waals surface area (Å²) in [6, 6.07) is -0.158. The van der Waals surface area contributed by atoms with E-state index in [1.165, 1.54) is 11.3 Å². The van der Waals surface area contributed by atoms with Gasteiger partial charge in [-0.2, -0.15) is 0 Å².